The number of aromatic nitrogens is 4. The first kappa shape index (κ1) is 31.4. The molecule has 0 spiro atoms. The summed E-state index contributed by atoms with van der Waals surface area (Å²) in [7, 11) is 0. The molecule has 1 saturated carbocycles. The number of benzene rings is 1. The van der Waals surface area contributed by atoms with Crippen molar-refractivity contribution in [2.45, 2.75) is 51.1 Å². The van der Waals surface area contributed by atoms with E-state index in [0.29, 0.717) is 43.2 Å². The minimum Gasteiger partial charge on any atom is -0.444 e. The highest BCUT2D eigenvalue weighted by Crippen LogP contribution is 2.32. The van der Waals surface area contributed by atoms with E-state index in [-0.39, 0.29) is 35.6 Å². The number of pyridine rings is 1. The van der Waals surface area contributed by atoms with Crippen molar-refractivity contribution in [3.63, 3.8) is 0 Å². The lowest BCUT2D eigenvalue weighted by molar-refractivity contribution is -0.120. The van der Waals surface area contributed by atoms with Crippen LogP contribution in [0, 0.1) is 5.92 Å². The summed E-state index contributed by atoms with van der Waals surface area (Å²) in [4.78, 5) is 49.0. The van der Waals surface area contributed by atoms with Gasteiger partial charge in [-0.1, -0.05) is 12.1 Å². The molecule has 4 amide bonds. The van der Waals surface area contributed by atoms with Gasteiger partial charge < -0.3 is 15.1 Å². The van der Waals surface area contributed by atoms with E-state index < -0.39 is 24.1 Å². The highest BCUT2D eigenvalue weighted by Gasteiger charge is 2.28. The van der Waals surface area contributed by atoms with Crippen LogP contribution in [0.4, 0.5) is 30.8 Å². The molecule has 0 radical (unpaired) electrons. The molecule has 0 atom stereocenters. The second-order valence-corrected chi connectivity index (χ2v) is 12.4. The van der Waals surface area contributed by atoms with Gasteiger partial charge in [-0.3, -0.25) is 29.4 Å². The van der Waals surface area contributed by atoms with Crippen LogP contribution in [0.15, 0.2) is 59.5 Å². The Morgan fingerprint density at radius 1 is 1.06 bits per heavy atom. The fourth-order valence-corrected chi connectivity index (χ4v) is 5.97. The first-order valence-electron chi connectivity index (χ1n) is 16.1. The van der Waals surface area contributed by atoms with Crippen molar-refractivity contribution in [1.29, 1.82) is 0 Å². The average molecular weight is 660 g/mol. The van der Waals surface area contributed by atoms with Gasteiger partial charge in [-0.2, -0.15) is 5.10 Å². The molecule has 2 aliphatic heterocycles. The van der Waals surface area contributed by atoms with Crippen LogP contribution in [-0.2, 0) is 11.3 Å². The molecule has 1 aromatic carbocycles. The van der Waals surface area contributed by atoms with Gasteiger partial charge >= 0.3 is 6.03 Å². The first-order valence-corrected chi connectivity index (χ1v) is 16.1. The largest absolute Gasteiger partial charge is 0.444 e. The van der Waals surface area contributed by atoms with Gasteiger partial charge in [-0.25, -0.2) is 23.5 Å². The van der Waals surface area contributed by atoms with Crippen LogP contribution in [-0.4, -0.2) is 68.7 Å². The van der Waals surface area contributed by atoms with Crippen molar-refractivity contribution >= 4 is 35.0 Å². The van der Waals surface area contributed by atoms with Crippen LogP contribution >= 0.6 is 0 Å². The van der Waals surface area contributed by atoms with Crippen molar-refractivity contribution in [3.05, 3.63) is 72.0 Å². The lowest BCUT2D eigenvalue weighted by atomic mass is 10.0. The molecule has 250 valence electrons. The van der Waals surface area contributed by atoms with E-state index in [9.17, 15) is 23.2 Å². The standard InChI is InChI=1S/C33H35F2N9O4/c34-30(35)29-25(38-31(46)26-19-48-32(39-26)22-7-11-36-27(15-22)37-16-20-1-2-20)18-44(41-29)24-8-12-42(13-9-24)17-21-3-5-23(6-4-21)43-14-10-28(45)40-33(43)47/h3-7,11,15,18-20,24,30H,1-2,8-10,12-14,16-17H2,(H,36,37)(H,38,46)(H,40,45,47). The third-order valence-corrected chi connectivity index (χ3v) is 8.87. The maximum atomic E-state index is 14.0. The number of likely N-dealkylation sites (tertiary alicyclic amines) is 1. The minimum absolute atomic E-state index is 0.0436. The molecule has 3 aliphatic rings. The van der Waals surface area contributed by atoms with E-state index in [4.69, 9.17) is 4.42 Å². The van der Waals surface area contributed by atoms with Crippen molar-refractivity contribution in [3.8, 4) is 11.5 Å². The second kappa shape index (κ2) is 13.5. The monoisotopic (exact) mass is 659 g/mol. The lowest BCUT2D eigenvalue weighted by Crippen LogP contribution is -2.49. The molecule has 3 fully saturated rings. The summed E-state index contributed by atoms with van der Waals surface area (Å²) in [5, 5.41) is 12.3. The maximum Gasteiger partial charge on any atom is 0.328 e. The average Bonchev–Trinajstić information content (AvgIpc) is 3.60. The Morgan fingerprint density at radius 3 is 2.58 bits per heavy atom. The van der Waals surface area contributed by atoms with E-state index >= 15 is 0 Å². The number of oxazole rings is 1. The zero-order valence-corrected chi connectivity index (χ0v) is 26.1. The maximum absolute atomic E-state index is 14.0. The first-order chi connectivity index (χ1) is 23.3. The Kier molecular flexibility index (Phi) is 8.84. The van der Waals surface area contributed by atoms with Gasteiger partial charge in [0.25, 0.3) is 12.3 Å². The number of hydrogen-bond acceptors (Lipinski definition) is 9. The van der Waals surface area contributed by atoms with Crippen molar-refractivity contribution in [2.75, 3.05) is 41.7 Å². The van der Waals surface area contributed by atoms with Crippen LogP contribution in [0.5, 0.6) is 0 Å². The molecule has 1 aliphatic carbocycles. The molecule has 3 aromatic heterocycles. The molecule has 3 N–H and O–H groups in total. The van der Waals surface area contributed by atoms with Crippen LogP contribution in [0.2, 0.25) is 0 Å². The SMILES string of the molecule is O=C1CCN(c2ccc(CN3CCC(n4cc(NC(=O)c5coc(-c6ccnc(NCC7CC7)c6)n5)c(C(F)F)n4)CC3)cc2)C(=O)N1. The third kappa shape index (κ3) is 7.20. The topological polar surface area (TPSA) is 151 Å². The summed E-state index contributed by atoms with van der Waals surface area (Å²) in [6.07, 6.45) is 5.47. The number of urea groups is 1. The van der Waals surface area contributed by atoms with Gasteiger partial charge in [0.15, 0.2) is 11.4 Å². The molecular formula is C33H35F2N9O4. The molecule has 13 nitrogen and oxygen atoms in total. The Balaban J connectivity index is 0.946. The molecule has 4 aromatic rings. The van der Waals surface area contributed by atoms with Crippen LogP contribution in [0.25, 0.3) is 11.5 Å². The number of hydrogen-bond donors (Lipinski definition) is 3. The molecule has 5 heterocycles. The van der Waals surface area contributed by atoms with Crippen LogP contribution < -0.4 is 20.9 Å². The number of carbonyl (C=O) groups excluding carboxylic acids is 3. The smallest absolute Gasteiger partial charge is 0.328 e. The van der Waals surface area contributed by atoms with Gasteiger partial charge in [0.2, 0.25) is 11.8 Å². The summed E-state index contributed by atoms with van der Waals surface area (Å²) in [5.41, 5.74) is 1.82. The Bertz CT molecular complexity index is 1800. The minimum atomic E-state index is -2.88. The van der Waals surface area contributed by atoms with Crippen LogP contribution in [0.3, 0.4) is 0 Å². The predicted octanol–water partition coefficient (Wildman–Crippen LogP) is 5.23. The second-order valence-electron chi connectivity index (χ2n) is 12.4. The molecule has 0 unspecified atom stereocenters. The predicted molar refractivity (Wildman–Crippen MR) is 172 cm³/mol. The van der Waals surface area contributed by atoms with Gasteiger partial charge in [-0.15, -0.1) is 0 Å². The molecule has 0 bridgehead atoms. The van der Waals surface area contributed by atoms with Crippen molar-refractivity contribution in [2.24, 2.45) is 5.92 Å². The molecule has 2 saturated heterocycles. The van der Waals surface area contributed by atoms with Crippen LogP contribution in [0.1, 0.15) is 66.3 Å². The van der Waals surface area contributed by atoms with Crippen molar-refractivity contribution in [1.82, 2.24) is 30.0 Å². The van der Waals surface area contributed by atoms with Crippen molar-refractivity contribution < 1.29 is 27.6 Å². The number of imide groups is 1. The number of nitrogens with zero attached hydrogens (tertiary/aromatic N) is 6. The van der Waals surface area contributed by atoms with E-state index in [1.165, 1.54) is 30.0 Å². The third-order valence-electron chi connectivity index (χ3n) is 8.87. The van der Waals surface area contributed by atoms with Gasteiger partial charge in [0, 0.05) is 62.8 Å². The summed E-state index contributed by atoms with van der Waals surface area (Å²) < 4.78 is 35.1. The fraction of sp³-hybridized carbons (Fsp3) is 0.394. The molecule has 7 rings (SSSR count). The zero-order chi connectivity index (χ0) is 33.2. The molecule has 15 heteroatoms. The highest BCUT2D eigenvalue weighted by molar-refractivity contribution is 6.05. The normalized spacial score (nSPS) is 17.5. The van der Waals surface area contributed by atoms with E-state index in [2.05, 4.69) is 35.9 Å². The van der Waals surface area contributed by atoms with Gasteiger partial charge in [0.1, 0.15) is 12.1 Å². The number of alkyl halides is 2. The number of piperidine rings is 1. The van der Waals surface area contributed by atoms with Gasteiger partial charge in [-0.05, 0) is 61.4 Å². The van der Waals surface area contributed by atoms with E-state index in [1.807, 2.05) is 24.3 Å². The number of anilines is 3. The Labute approximate surface area is 274 Å². The quantitative estimate of drug-likeness (QED) is 0.197. The van der Waals surface area contributed by atoms with Gasteiger partial charge in [0.05, 0.1) is 11.7 Å². The lowest BCUT2D eigenvalue weighted by Gasteiger charge is -2.32. The number of halogens is 2. The molecule has 48 heavy (non-hydrogen) atoms. The summed E-state index contributed by atoms with van der Waals surface area (Å²) in [6, 6.07) is 10.6. The summed E-state index contributed by atoms with van der Waals surface area (Å²) >= 11 is 0. The fourth-order valence-electron chi connectivity index (χ4n) is 5.97. The Hall–Kier alpha value is -5.18. The number of nitrogens with one attached hydrogen (secondary N) is 3. The number of amides is 4. The number of carbonyl (C=O) groups is 3. The number of rotatable bonds is 11. The molecular weight excluding hydrogens is 624 g/mol. The highest BCUT2D eigenvalue weighted by atomic mass is 19.3. The summed E-state index contributed by atoms with van der Waals surface area (Å²) in [6.45, 7) is 3.33. The zero-order valence-electron chi connectivity index (χ0n) is 26.1. The van der Waals surface area contributed by atoms with E-state index in [1.54, 1.807) is 23.2 Å². The van der Waals surface area contributed by atoms with E-state index in [0.717, 1.165) is 30.9 Å². The summed E-state index contributed by atoms with van der Waals surface area (Å²) in [5.74, 6) is 0.624. The Morgan fingerprint density at radius 2 is 1.85 bits per heavy atom.